The van der Waals surface area contributed by atoms with E-state index in [4.69, 9.17) is 4.74 Å². The van der Waals surface area contributed by atoms with Crippen LogP contribution in [0.4, 0.5) is 24.1 Å². The van der Waals surface area contributed by atoms with Crippen LogP contribution in [0.3, 0.4) is 0 Å². The molecule has 1 aliphatic carbocycles. The number of fused-ring (bicyclic) bond motifs is 1. The van der Waals surface area contributed by atoms with Crippen molar-refractivity contribution in [3.8, 4) is 0 Å². The highest BCUT2D eigenvalue weighted by atomic mass is 19.1. The maximum Gasteiger partial charge on any atom is 0.407 e. The Morgan fingerprint density at radius 1 is 1.21 bits per heavy atom. The largest absolute Gasteiger partial charge is 0.444 e. The van der Waals surface area contributed by atoms with Gasteiger partial charge in [0, 0.05) is 23.4 Å². The molecule has 0 saturated heterocycles. The van der Waals surface area contributed by atoms with Crippen molar-refractivity contribution in [2.24, 2.45) is 0 Å². The summed E-state index contributed by atoms with van der Waals surface area (Å²) in [5.74, 6) is -1.66. The normalized spacial score (nSPS) is 17.2. The average Bonchev–Trinajstić information content (AvgIpc) is 2.70. The van der Waals surface area contributed by atoms with Crippen molar-refractivity contribution in [3.05, 3.63) is 58.9 Å². The van der Waals surface area contributed by atoms with Gasteiger partial charge in [-0.2, -0.15) is 0 Å². The lowest BCUT2D eigenvalue weighted by Gasteiger charge is -2.27. The molecule has 1 aliphatic rings. The second-order valence-corrected chi connectivity index (χ2v) is 9.62. The monoisotopic (exact) mass is 476 g/mol. The number of urea groups is 1. The van der Waals surface area contributed by atoms with Crippen LogP contribution in [-0.4, -0.2) is 40.4 Å². The van der Waals surface area contributed by atoms with Crippen molar-refractivity contribution in [1.82, 2.24) is 15.6 Å². The molecule has 2 aromatic rings. The maximum absolute atomic E-state index is 14.0. The summed E-state index contributed by atoms with van der Waals surface area (Å²) < 4.78 is 32.4. The van der Waals surface area contributed by atoms with Crippen molar-refractivity contribution in [2.45, 2.75) is 64.2 Å². The van der Waals surface area contributed by atoms with E-state index in [1.54, 1.807) is 26.8 Å². The number of benzene rings is 1. The van der Waals surface area contributed by atoms with Crippen molar-refractivity contribution in [3.63, 3.8) is 0 Å². The number of hydrogen-bond donors (Lipinski definition) is 4. The zero-order valence-electron chi connectivity index (χ0n) is 19.7. The molecule has 1 aromatic carbocycles. The van der Waals surface area contributed by atoms with Gasteiger partial charge in [-0.05, 0) is 64.7 Å². The minimum Gasteiger partial charge on any atom is -0.444 e. The van der Waals surface area contributed by atoms with E-state index in [1.807, 2.05) is 0 Å². The lowest BCUT2D eigenvalue weighted by molar-refractivity contribution is 0.0499. The highest BCUT2D eigenvalue weighted by molar-refractivity contribution is 5.89. The van der Waals surface area contributed by atoms with Gasteiger partial charge in [0.05, 0.1) is 18.4 Å². The molecule has 4 N–H and O–H groups in total. The Morgan fingerprint density at radius 3 is 2.62 bits per heavy atom. The topological polar surface area (TPSA) is 113 Å². The van der Waals surface area contributed by atoms with Gasteiger partial charge < -0.3 is 25.8 Å². The fraction of sp³-hybridized carbons (Fsp3) is 0.458. The number of ether oxygens (including phenoxy) is 1. The summed E-state index contributed by atoms with van der Waals surface area (Å²) in [6, 6.07) is 3.89. The summed E-state index contributed by atoms with van der Waals surface area (Å²) in [6.07, 6.45) is 2.98. The number of nitrogens with one attached hydrogen (secondary N) is 3. The number of aryl methyl sites for hydroxylation is 1. The zero-order valence-corrected chi connectivity index (χ0v) is 19.7. The number of alkyl carbamates (subject to hydrolysis) is 1. The van der Waals surface area contributed by atoms with Crippen LogP contribution in [0.5, 0.6) is 0 Å². The zero-order chi connectivity index (χ0) is 25.1. The van der Waals surface area contributed by atoms with Crippen LogP contribution >= 0.6 is 0 Å². The molecule has 2 atom stereocenters. The van der Waals surface area contributed by atoms with E-state index in [0.29, 0.717) is 24.6 Å². The highest BCUT2D eigenvalue weighted by Crippen LogP contribution is 2.25. The molecule has 0 aliphatic heterocycles. The summed E-state index contributed by atoms with van der Waals surface area (Å²) >= 11 is 0. The van der Waals surface area contributed by atoms with E-state index >= 15 is 0 Å². The Balaban J connectivity index is 1.57. The molecule has 0 spiro atoms. The highest BCUT2D eigenvalue weighted by Gasteiger charge is 2.28. The summed E-state index contributed by atoms with van der Waals surface area (Å²) in [6.45, 7) is 6.41. The van der Waals surface area contributed by atoms with Crippen LogP contribution in [0.25, 0.3) is 0 Å². The van der Waals surface area contributed by atoms with E-state index in [2.05, 4.69) is 20.9 Å². The summed E-state index contributed by atoms with van der Waals surface area (Å²) in [7, 11) is 0. The van der Waals surface area contributed by atoms with E-state index < -0.39 is 35.0 Å². The molecule has 0 radical (unpaired) electrons. The van der Waals surface area contributed by atoms with Gasteiger partial charge in [-0.15, -0.1) is 0 Å². The number of anilines is 1. The minimum atomic E-state index is -1.75. The van der Waals surface area contributed by atoms with E-state index in [0.717, 1.165) is 29.8 Å². The fourth-order valence-electron chi connectivity index (χ4n) is 3.73. The molecule has 3 amide bonds. The maximum atomic E-state index is 14.0. The number of rotatable bonds is 5. The Bertz CT molecular complexity index is 1070. The van der Waals surface area contributed by atoms with E-state index in [9.17, 15) is 23.5 Å². The quantitative estimate of drug-likeness (QED) is 0.525. The van der Waals surface area contributed by atoms with Crippen molar-refractivity contribution < 1.29 is 28.2 Å². The van der Waals surface area contributed by atoms with Gasteiger partial charge in [0.1, 0.15) is 22.8 Å². The van der Waals surface area contributed by atoms with Crippen LogP contribution < -0.4 is 16.0 Å². The second kappa shape index (κ2) is 9.92. The molecule has 34 heavy (non-hydrogen) atoms. The number of amides is 3. The Labute approximate surface area is 197 Å². The number of halogens is 2. The van der Waals surface area contributed by atoms with Gasteiger partial charge in [0.15, 0.2) is 0 Å². The van der Waals surface area contributed by atoms with Crippen molar-refractivity contribution in [1.29, 1.82) is 0 Å². The number of aliphatic hydroxyl groups is 1. The number of nitrogens with zero attached hydrogens (tertiary/aromatic N) is 1. The second-order valence-electron chi connectivity index (χ2n) is 9.62. The third kappa shape index (κ3) is 6.86. The first kappa shape index (κ1) is 25.4. The van der Waals surface area contributed by atoms with Gasteiger partial charge in [0.25, 0.3) is 0 Å². The standard InChI is InChI=1S/C24H30F2N4O4/c1-23(2,3)34-22(32)30-16-6-8-20-14(9-16)10-17(12-27-20)29-21(31)28-13-24(4,33)18-7-5-15(25)11-19(18)26/h5,7,10-12,16,33H,6,8-9,13H2,1-4H3,(H,30,32)(H2,28,29,31). The third-order valence-electron chi connectivity index (χ3n) is 5.34. The molecule has 3 rings (SSSR count). The van der Waals surface area contributed by atoms with Crippen molar-refractivity contribution in [2.75, 3.05) is 11.9 Å². The van der Waals surface area contributed by atoms with Gasteiger partial charge in [-0.25, -0.2) is 18.4 Å². The number of hydrogen-bond acceptors (Lipinski definition) is 5. The molecular formula is C24H30F2N4O4. The van der Waals surface area contributed by atoms with Crippen LogP contribution in [0.1, 0.15) is 50.9 Å². The van der Waals surface area contributed by atoms with Crippen LogP contribution in [0.15, 0.2) is 30.5 Å². The Hall–Kier alpha value is -3.27. The van der Waals surface area contributed by atoms with Crippen LogP contribution in [-0.2, 0) is 23.2 Å². The van der Waals surface area contributed by atoms with Crippen LogP contribution in [0, 0.1) is 11.6 Å². The van der Waals surface area contributed by atoms with E-state index in [-0.39, 0.29) is 18.2 Å². The first-order chi connectivity index (χ1) is 15.8. The Kier molecular flexibility index (Phi) is 7.40. The molecule has 8 nitrogen and oxygen atoms in total. The lowest BCUT2D eigenvalue weighted by atomic mass is 9.91. The number of pyridine rings is 1. The van der Waals surface area contributed by atoms with Gasteiger partial charge >= 0.3 is 12.1 Å². The predicted molar refractivity (Wildman–Crippen MR) is 122 cm³/mol. The molecule has 0 bridgehead atoms. The molecule has 2 unspecified atom stereocenters. The van der Waals surface area contributed by atoms with Crippen LogP contribution in [0.2, 0.25) is 0 Å². The molecule has 0 fully saturated rings. The van der Waals surface area contributed by atoms with E-state index in [1.165, 1.54) is 13.1 Å². The molecule has 184 valence electrons. The average molecular weight is 477 g/mol. The molecule has 10 heteroatoms. The van der Waals surface area contributed by atoms with Crippen molar-refractivity contribution >= 4 is 17.8 Å². The summed E-state index contributed by atoms with van der Waals surface area (Å²) in [5.41, 5.74) is -0.247. The van der Waals surface area contributed by atoms with Gasteiger partial charge in [0.2, 0.25) is 0 Å². The molecule has 0 saturated carbocycles. The van der Waals surface area contributed by atoms with Gasteiger partial charge in [-0.3, -0.25) is 4.98 Å². The SMILES string of the molecule is CC(C)(C)OC(=O)NC1CCc2ncc(NC(=O)NCC(C)(O)c3ccc(F)cc3F)cc2C1. The number of aromatic nitrogens is 1. The van der Waals surface area contributed by atoms with Gasteiger partial charge in [-0.1, -0.05) is 6.07 Å². The Morgan fingerprint density at radius 2 is 1.94 bits per heavy atom. The number of carbonyl (C=O) groups excluding carboxylic acids is 2. The minimum absolute atomic E-state index is 0.117. The summed E-state index contributed by atoms with van der Waals surface area (Å²) in [5, 5.41) is 18.5. The molecule has 1 heterocycles. The fourth-order valence-corrected chi connectivity index (χ4v) is 3.73. The summed E-state index contributed by atoms with van der Waals surface area (Å²) in [4.78, 5) is 28.8. The third-order valence-corrected chi connectivity index (χ3v) is 5.34. The smallest absolute Gasteiger partial charge is 0.407 e. The number of carbonyl (C=O) groups is 2. The first-order valence-corrected chi connectivity index (χ1v) is 11.0. The molecular weight excluding hydrogens is 446 g/mol. The lowest BCUT2D eigenvalue weighted by Crippen LogP contribution is -2.42. The predicted octanol–water partition coefficient (Wildman–Crippen LogP) is 3.77. The first-order valence-electron chi connectivity index (χ1n) is 11.0. The molecule has 1 aromatic heterocycles.